The van der Waals surface area contributed by atoms with Crippen LogP contribution in [0.25, 0.3) is 0 Å². The molecule has 1 aliphatic rings. The molecule has 0 radical (unpaired) electrons. The van der Waals surface area contributed by atoms with E-state index in [-0.39, 0.29) is 0 Å². The molecule has 0 atom stereocenters. The molecule has 1 aliphatic carbocycles. The van der Waals surface area contributed by atoms with Crippen LogP contribution in [0, 0.1) is 19.8 Å². The van der Waals surface area contributed by atoms with E-state index in [1.54, 1.807) is 0 Å². The van der Waals surface area contributed by atoms with Crippen LogP contribution in [0.4, 0.5) is 0 Å². The van der Waals surface area contributed by atoms with E-state index in [9.17, 15) is 4.79 Å². The largest absolute Gasteiger partial charge is 0.316 e. The van der Waals surface area contributed by atoms with Crippen LogP contribution in [0.3, 0.4) is 0 Å². The first-order valence-corrected chi connectivity index (χ1v) is 7.43. The number of carbonyl (C=O) groups is 1. The molecule has 0 bridgehead atoms. The number of rotatable bonds is 5. The van der Waals surface area contributed by atoms with E-state index >= 15 is 0 Å². The summed E-state index contributed by atoms with van der Waals surface area (Å²) in [5.41, 5.74) is 4.17. The molecular formula is C17H25NO. The highest BCUT2D eigenvalue weighted by Gasteiger charge is 2.17. The summed E-state index contributed by atoms with van der Waals surface area (Å²) in [6, 6.07) is 6.67. The minimum atomic E-state index is 0.451. The molecule has 1 fully saturated rings. The number of Topliss-reactive ketones (excluding diaryl/α,β-unsaturated/α-hetero) is 1. The van der Waals surface area contributed by atoms with E-state index in [4.69, 9.17) is 0 Å². The second-order valence-electron chi connectivity index (χ2n) is 5.87. The zero-order chi connectivity index (χ0) is 13.7. The third-order valence-corrected chi connectivity index (χ3v) is 4.17. The molecule has 1 aromatic rings. The predicted octanol–water partition coefficient (Wildman–Crippen LogP) is 3.19. The lowest BCUT2D eigenvalue weighted by molar-refractivity contribution is -0.120. The van der Waals surface area contributed by atoms with Gasteiger partial charge in [-0.15, -0.1) is 0 Å². The van der Waals surface area contributed by atoms with Gasteiger partial charge in [-0.2, -0.15) is 0 Å². The molecule has 1 aromatic carbocycles. The maximum atomic E-state index is 11.2. The highest BCUT2D eigenvalue weighted by atomic mass is 16.1. The molecule has 0 unspecified atom stereocenters. The summed E-state index contributed by atoms with van der Waals surface area (Å²) in [7, 11) is 0. The first-order valence-electron chi connectivity index (χ1n) is 7.43. The van der Waals surface area contributed by atoms with Gasteiger partial charge in [0.05, 0.1) is 0 Å². The standard InChI is InChI=1S/C17H25NO/c1-13-3-4-14(2)16(11-13)9-10-18-12-15-5-7-17(19)8-6-15/h3-4,11,15,18H,5-10,12H2,1-2H3. The van der Waals surface area contributed by atoms with Gasteiger partial charge in [0.2, 0.25) is 0 Å². The van der Waals surface area contributed by atoms with E-state index in [1.807, 2.05) is 0 Å². The Labute approximate surface area is 116 Å². The Morgan fingerprint density at radius 1 is 1.21 bits per heavy atom. The Hall–Kier alpha value is -1.15. The first-order chi connectivity index (χ1) is 9.15. The summed E-state index contributed by atoms with van der Waals surface area (Å²) in [6.45, 7) is 6.43. The average Bonchev–Trinajstić information content (AvgIpc) is 2.40. The molecule has 2 nitrogen and oxygen atoms in total. The van der Waals surface area contributed by atoms with Crippen molar-refractivity contribution in [2.24, 2.45) is 5.92 Å². The lowest BCUT2D eigenvalue weighted by atomic mass is 9.88. The summed E-state index contributed by atoms with van der Waals surface area (Å²) in [4.78, 5) is 11.2. The second-order valence-corrected chi connectivity index (χ2v) is 5.87. The summed E-state index contributed by atoms with van der Waals surface area (Å²) < 4.78 is 0. The van der Waals surface area contributed by atoms with Crippen LogP contribution in [-0.4, -0.2) is 18.9 Å². The van der Waals surface area contributed by atoms with E-state index in [0.29, 0.717) is 11.7 Å². The van der Waals surface area contributed by atoms with Gasteiger partial charge >= 0.3 is 0 Å². The molecule has 0 heterocycles. The third kappa shape index (κ3) is 4.46. The zero-order valence-electron chi connectivity index (χ0n) is 12.2. The highest BCUT2D eigenvalue weighted by molar-refractivity contribution is 5.79. The van der Waals surface area contributed by atoms with Crippen molar-refractivity contribution in [1.29, 1.82) is 0 Å². The smallest absolute Gasteiger partial charge is 0.132 e. The van der Waals surface area contributed by atoms with Gasteiger partial charge in [-0.25, -0.2) is 0 Å². The molecule has 1 saturated carbocycles. The van der Waals surface area contributed by atoms with Crippen molar-refractivity contribution in [3.63, 3.8) is 0 Å². The van der Waals surface area contributed by atoms with Gasteiger partial charge in [0.25, 0.3) is 0 Å². The lowest BCUT2D eigenvalue weighted by Crippen LogP contribution is -2.28. The maximum absolute atomic E-state index is 11.2. The van der Waals surface area contributed by atoms with Crippen LogP contribution in [-0.2, 0) is 11.2 Å². The van der Waals surface area contributed by atoms with Crippen molar-refractivity contribution < 1.29 is 4.79 Å². The van der Waals surface area contributed by atoms with Crippen molar-refractivity contribution in [1.82, 2.24) is 5.32 Å². The minimum absolute atomic E-state index is 0.451. The van der Waals surface area contributed by atoms with Gasteiger partial charge in [-0.1, -0.05) is 23.8 Å². The van der Waals surface area contributed by atoms with Gasteiger partial charge in [-0.3, -0.25) is 4.79 Å². The van der Waals surface area contributed by atoms with E-state index in [2.05, 4.69) is 37.4 Å². The van der Waals surface area contributed by atoms with Gasteiger partial charge in [0.15, 0.2) is 0 Å². The van der Waals surface area contributed by atoms with Gasteiger partial charge in [0, 0.05) is 12.8 Å². The Bertz CT molecular complexity index is 429. The molecule has 0 spiro atoms. The fourth-order valence-electron chi connectivity index (χ4n) is 2.80. The molecule has 0 aromatic heterocycles. The van der Waals surface area contributed by atoms with E-state index < -0.39 is 0 Å². The van der Waals surface area contributed by atoms with Crippen LogP contribution in [0.1, 0.15) is 42.4 Å². The third-order valence-electron chi connectivity index (χ3n) is 4.17. The summed E-state index contributed by atoms with van der Waals surface area (Å²) >= 11 is 0. The van der Waals surface area contributed by atoms with Crippen LogP contribution in [0.5, 0.6) is 0 Å². The predicted molar refractivity (Wildman–Crippen MR) is 79.5 cm³/mol. The Morgan fingerprint density at radius 2 is 1.95 bits per heavy atom. The van der Waals surface area contributed by atoms with Gasteiger partial charge in [0.1, 0.15) is 5.78 Å². The van der Waals surface area contributed by atoms with Crippen LogP contribution in [0.15, 0.2) is 18.2 Å². The Morgan fingerprint density at radius 3 is 2.68 bits per heavy atom. The highest BCUT2D eigenvalue weighted by Crippen LogP contribution is 2.20. The van der Waals surface area contributed by atoms with Gasteiger partial charge < -0.3 is 5.32 Å². The van der Waals surface area contributed by atoms with E-state index in [0.717, 1.165) is 45.2 Å². The summed E-state index contributed by atoms with van der Waals surface area (Å²) in [5, 5.41) is 3.55. The average molecular weight is 259 g/mol. The molecule has 2 rings (SSSR count). The topological polar surface area (TPSA) is 29.1 Å². The number of nitrogens with one attached hydrogen (secondary N) is 1. The van der Waals surface area contributed by atoms with E-state index in [1.165, 1.54) is 16.7 Å². The summed E-state index contributed by atoms with van der Waals surface area (Å²) in [6.07, 6.45) is 4.84. The molecule has 0 aliphatic heterocycles. The van der Waals surface area contributed by atoms with Crippen LogP contribution >= 0.6 is 0 Å². The number of ketones is 1. The van der Waals surface area contributed by atoms with Crippen molar-refractivity contribution in [2.45, 2.75) is 46.0 Å². The zero-order valence-corrected chi connectivity index (χ0v) is 12.2. The lowest BCUT2D eigenvalue weighted by Gasteiger charge is -2.21. The number of hydrogen-bond donors (Lipinski definition) is 1. The number of hydrogen-bond acceptors (Lipinski definition) is 2. The first kappa shape index (κ1) is 14.3. The Balaban J connectivity index is 1.69. The second kappa shape index (κ2) is 6.85. The molecule has 0 amide bonds. The molecule has 0 saturated heterocycles. The molecule has 1 N–H and O–H groups in total. The van der Waals surface area contributed by atoms with Crippen molar-refractivity contribution in [3.8, 4) is 0 Å². The van der Waals surface area contributed by atoms with Crippen LogP contribution < -0.4 is 5.32 Å². The number of carbonyl (C=O) groups excluding carboxylic acids is 1. The fourth-order valence-corrected chi connectivity index (χ4v) is 2.80. The normalized spacial score (nSPS) is 16.8. The SMILES string of the molecule is Cc1ccc(C)c(CCNCC2CCC(=O)CC2)c1. The quantitative estimate of drug-likeness (QED) is 0.823. The number of benzene rings is 1. The monoisotopic (exact) mass is 259 g/mol. The van der Waals surface area contributed by atoms with Crippen molar-refractivity contribution in [3.05, 3.63) is 34.9 Å². The number of aryl methyl sites for hydroxylation is 2. The van der Waals surface area contributed by atoms with Gasteiger partial charge in [-0.05, 0) is 63.2 Å². The minimum Gasteiger partial charge on any atom is -0.316 e. The van der Waals surface area contributed by atoms with Crippen molar-refractivity contribution >= 4 is 5.78 Å². The molecular weight excluding hydrogens is 234 g/mol. The van der Waals surface area contributed by atoms with Crippen molar-refractivity contribution in [2.75, 3.05) is 13.1 Å². The Kier molecular flexibility index (Phi) is 5.15. The fraction of sp³-hybridized carbons (Fsp3) is 0.588. The molecule has 19 heavy (non-hydrogen) atoms. The molecule has 104 valence electrons. The summed E-state index contributed by atoms with van der Waals surface area (Å²) in [5.74, 6) is 1.16. The molecule has 2 heteroatoms. The maximum Gasteiger partial charge on any atom is 0.132 e. The van der Waals surface area contributed by atoms with Crippen LogP contribution in [0.2, 0.25) is 0 Å².